The Morgan fingerprint density at radius 1 is 1.44 bits per heavy atom. The molecule has 1 unspecified atom stereocenters. The minimum atomic E-state index is 0.289. The van der Waals surface area contributed by atoms with E-state index in [0.29, 0.717) is 11.2 Å². The van der Waals surface area contributed by atoms with Crippen LogP contribution in [-0.4, -0.2) is 10.2 Å². The summed E-state index contributed by atoms with van der Waals surface area (Å²) >= 11 is 0. The fourth-order valence-corrected chi connectivity index (χ4v) is 0.838. The van der Waals surface area contributed by atoms with Crippen LogP contribution in [0.2, 0.25) is 5.54 Å². The van der Waals surface area contributed by atoms with Gasteiger partial charge >= 0.3 is 0 Å². The molecule has 6 N–H and O–H groups in total. The molecule has 0 aromatic heterocycles. The Morgan fingerprint density at radius 3 is 2.00 bits per heavy atom. The van der Waals surface area contributed by atoms with Crippen LogP contribution < -0.4 is 17.2 Å². The van der Waals surface area contributed by atoms with Gasteiger partial charge in [0.1, 0.15) is 5.82 Å². The minimum absolute atomic E-state index is 0.289. The lowest BCUT2D eigenvalue weighted by Gasteiger charge is -2.09. The second-order valence-electron chi connectivity index (χ2n) is 2.22. The summed E-state index contributed by atoms with van der Waals surface area (Å²) in [6.45, 7) is 2.08. The molecule has 0 aliphatic carbocycles. The fraction of sp³-hybridized carbons (Fsp3) is 0.600. The molecule has 0 rings (SSSR count). The standard InChI is InChI=1S/C5H15N3Si/c1-2-3(9)4(6)5(7)8/h3H,2,6-8H2,1,9H3. The van der Waals surface area contributed by atoms with Crippen molar-refractivity contribution in [1.82, 2.24) is 0 Å². The molecule has 0 radical (unpaired) electrons. The third kappa shape index (κ3) is 2.41. The van der Waals surface area contributed by atoms with Crippen molar-refractivity contribution in [2.24, 2.45) is 17.2 Å². The van der Waals surface area contributed by atoms with E-state index in [4.69, 9.17) is 17.2 Å². The van der Waals surface area contributed by atoms with Crippen LogP contribution in [0.1, 0.15) is 13.3 Å². The van der Waals surface area contributed by atoms with E-state index in [1.54, 1.807) is 0 Å². The molecule has 0 heterocycles. The van der Waals surface area contributed by atoms with E-state index in [-0.39, 0.29) is 5.82 Å². The van der Waals surface area contributed by atoms with Crippen LogP contribution >= 0.6 is 0 Å². The highest BCUT2D eigenvalue weighted by Crippen LogP contribution is 2.11. The quantitative estimate of drug-likeness (QED) is 0.418. The highest BCUT2D eigenvalue weighted by molar-refractivity contribution is 6.13. The van der Waals surface area contributed by atoms with Gasteiger partial charge in [-0.15, -0.1) is 0 Å². The Hall–Kier alpha value is -0.643. The van der Waals surface area contributed by atoms with Gasteiger partial charge in [0.2, 0.25) is 0 Å². The van der Waals surface area contributed by atoms with E-state index in [9.17, 15) is 0 Å². The van der Waals surface area contributed by atoms with Crippen molar-refractivity contribution < 1.29 is 0 Å². The van der Waals surface area contributed by atoms with Crippen LogP contribution in [0, 0.1) is 0 Å². The van der Waals surface area contributed by atoms with Gasteiger partial charge in [-0.1, -0.05) is 13.3 Å². The van der Waals surface area contributed by atoms with Crippen LogP contribution in [0.25, 0.3) is 0 Å². The summed E-state index contributed by atoms with van der Waals surface area (Å²) in [5.74, 6) is 0.289. The highest BCUT2D eigenvalue weighted by Gasteiger charge is 2.03. The van der Waals surface area contributed by atoms with Crippen LogP contribution in [0.15, 0.2) is 11.5 Å². The van der Waals surface area contributed by atoms with Gasteiger partial charge in [0, 0.05) is 15.9 Å². The lowest BCUT2D eigenvalue weighted by atomic mass is 10.2. The lowest BCUT2D eigenvalue weighted by molar-refractivity contribution is 0.864. The van der Waals surface area contributed by atoms with Crippen molar-refractivity contribution in [1.29, 1.82) is 0 Å². The maximum atomic E-state index is 5.53. The van der Waals surface area contributed by atoms with E-state index in [1.165, 1.54) is 0 Å². The molecule has 9 heavy (non-hydrogen) atoms. The van der Waals surface area contributed by atoms with E-state index >= 15 is 0 Å². The Balaban J connectivity index is 4.02. The second kappa shape index (κ2) is 3.40. The molecule has 54 valence electrons. The first-order valence-corrected chi connectivity index (χ1v) is 4.25. The zero-order valence-corrected chi connectivity index (χ0v) is 8.02. The molecule has 4 heteroatoms. The fourth-order valence-electron chi connectivity index (χ4n) is 0.504. The predicted molar refractivity (Wildman–Crippen MR) is 43.6 cm³/mol. The van der Waals surface area contributed by atoms with Crippen LogP contribution in [0.3, 0.4) is 0 Å². The number of hydrogen-bond acceptors (Lipinski definition) is 3. The smallest absolute Gasteiger partial charge is 0.113 e. The summed E-state index contributed by atoms with van der Waals surface area (Å²) in [6, 6.07) is 0. The van der Waals surface area contributed by atoms with Crippen molar-refractivity contribution in [3.8, 4) is 0 Å². The van der Waals surface area contributed by atoms with Crippen molar-refractivity contribution in [2.45, 2.75) is 18.9 Å². The van der Waals surface area contributed by atoms with Gasteiger partial charge in [0.15, 0.2) is 0 Å². The summed E-state index contributed by atoms with van der Waals surface area (Å²) in [7, 11) is 1.03. The largest absolute Gasteiger partial charge is 0.399 e. The normalized spacial score (nSPS) is 13.0. The summed E-state index contributed by atoms with van der Waals surface area (Å²) < 4.78 is 0. The molecule has 0 bridgehead atoms. The summed E-state index contributed by atoms with van der Waals surface area (Å²) in [5, 5.41) is 0. The molecule has 0 amide bonds. The van der Waals surface area contributed by atoms with Gasteiger partial charge in [0.25, 0.3) is 0 Å². The van der Waals surface area contributed by atoms with Gasteiger partial charge in [-0.2, -0.15) is 0 Å². The molecular weight excluding hydrogens is 130 g/mol. The average molecular weight is 145 g/mol. The molecular formula is C5H15N3Si. The highest BCUT2D eigenvalue weighted by atomic mass is 28.1. The zero-order chi connectivity index (χ0) is 7.44. The first-order valence-electron chi connectivity index (χ1n) is 3.10. The Morgan fingerprint density at radius 2 is 1.89 bits per heavy atom. The molecule has 0 aliphatic heterocycles. The molecule has 0 spiro atoms. The number of rotatable bonds is 2. The van der Waals surface area contributed by atoms with Crippen molar-refractivity contribution in [3.63, 3.8) is 0 Å². The van der Waals surface area contributed by atoms with Crippen molar-refractivity contribution in [2.75, 3.05) is 0 Å². The predicted octanol–water partition coefficient (Wildman–Crippen LogP) is -1.40. The molecule has 0 saturated carbocycles. The van der Waals surface area contributed by atoms with E-state index in [2.05, 4.69) is 6.92 Å². The van der Waals surface area contributed by atoms with Crippen LogP contribution in [-0.2, 0) is 0 Å². The molecule has 0 fully saturated rings. The van der Waals surface area contributed by atoms with Crippen molar-refractivity contribution in [3.05, 3.63) is 11.5 Å². The van der Waals surface area contributed by atoms with Crippen LogP contribution in [0.5, 0.6) is 0 Å². The van der Waals surface area contributed by atoms with Gasteiger partial charge in [-0.05, 0) is 5.54 Å². The second-order valence-corrected chi connectivity index (χ2v) is 3.61. The van der Waals surface area contributed by atoms with Gasteiger partial charge in [-0.3, -0.25) is 0 Å². The Labute approximate surface area is 58.7 Å². The minimum Gasteiger partial charge on any atom is -0.399 e. The Bertz CT molecular complexity index is 117. The first-order chi connectivity index (χ1) is 4.09. The van der Waals surface area contributed by atoms with E-state index in [0.717, 1.165) is 16.7 Å². The average Bonchev–Trinajstić information content (AvgIpc) is 1.84. The monoisotopic (exact) mass is 145 g/mol. The van der Waals surface area contributed by atoms with Gasteiger partial charge in [-0.25, -0.2) is 0 Å². The topological polar surface area (TPSA) is 78.1 Å². The number of nitrogens with two attached hydrogens (primary N) is 3. The SMILES string of the molecule is CCC([SiH3])C(N)=C(N)N. The lowest BCUT2D eigenvalue weighted by Crippen LogP contribution is -2.20. The Kier molecular flexibility index (Phi) is 3.15. The third-order valence-corrected chi connectivity index (χ3v) is 2.92. The maximum Gasteiger partial charge on any atom is 0.113 e. The maximum absolute atomic E-state index is 5.53. The van der Waals surface area contributed by atoms with E-state index in [1.807, 2.05) is 0 Å². The van der Waals surface area contributed by atoms with Gasteiger partial charge < -0.3 is 17.2 Å². The number of hydrogen-bond donors (Lipinski definition) is 3. The summed E-state index contributed by atoms with van der Waals surface area (Å²) in [6.07, 6.45) is 1.04. The molecule has 0 aliphatic rings. The number of allylic oxidation sites excluding steroid dienone is 1. The molecule has 0 aromatic carbocycles. The zero-order valence-electron chi connectivity index (χ0n) is 6.02. The molecule has 3 nitrogen and oxygen atoms in total. The molecule has 0 saturated heterocycles. The van der Waals surface area contributed by atoms with Crippen molar-refractivity contribution >= 4 is 10.2 Å². The molecule has 0 aromatic rings. The summed E-state index contributed by atoms with van der Waals surface area (Å²) in [4.78, 5) is 0. The van der Waals surface area contributed by atoms with E-state index < -0.39 is 0 Å². The third-order valence-electron chi connectivity index (χ3n) is 1.48. The van der Waals surface area contributed by atoms with Crippen LogP contribution in [0.4, 0.5) is 0 Å². The first kappa shape index (κ1) is 8.36. The van der Waals surface area contributed by atoms with Gasteiger partial charge in [0.05, 0.1) is 0 Å². The summed E-state index contributed by atoms with van der Waals surface area (Å²) in [5.41, 5.74) is 17.2. The molecule has 1 atom stereocenters.